The Morgan fingerprint density at radius 2 is 2.10 bits per heavy atom. The van der Waals surface area contributed by atoms with Gasteiger partial charge in [-0.05, 0) is 38.2 Å². The molecule has 2 heterocycles. The summed E-state index contributed by atoms with van der Waals surface area (Å²) in [5.74, 6) is 0. The maximum Gasteiger partial charge on any atom is 0.164 e. The fraction of sp³-hybridized carbons (Fsp3) is 0.409. The molecule has 29 heavy (non-hydrogen) atoms. The van der Waals surface area contributed by atoms with Gasteiger partial charge < -0.3 is 0 Å². The van der Waals surface area contributed by atoms with E-state index < -0.39 is 0 Å². The lowest BCUT2D eigenvalue weighted by Gasteiger charge is -2.16. The molecule has 1 aliphatic rings. The third-order valence-electron chi connectivity index (χ3n) is 5.53. The van der Waals surface area contributed by atoms with Crippen LogP contribution in [0.1, 0.15) is 60.4 Å². The number of carbonyl (C=O) groups excluding carboxylic acids is 1. The molecular weight excluding hydrogens is 517 g/mol. The molecule has 7 heteroatoms. The van der Waals surface area contributed by atoms with Crippen molar-refractivity contribution >= 4 is 57.9 Å². The number of thioether (sulfide) groups is 1. The fourth-order valence-electron chi connectivity index (χ4n) is 3.95. The van der Waals surface area contributed by atoms with Gasteiger partial charge in [-0.1, -0.05) is 60.2 Å². The molecule has 0 saturated heterocycles. The van der Waals surface area contributed by atoms with Crippen molar-refractivity contribution in [1.82, 2.24) is 14.6 Å². The van der Waals surface area contributed by atoms with Crippen LogP contribution in [0.25, 0.3) is 16.8 Å². The summed E-state index contributed by atoms with van der Waals surface area (Å²) in [5, 5.41) is 7.36. The topological polar surface area (TPSA) is 47.3 Å². The Hall–Kier alpha value is -1.12. The SMILES string of the molecule is CCC(CC)Sc1c2c(nc3c(-c4ccc(C=O)cc4Cl)c(CI)nn13)CCC2. The maximum absolute atomic E-state index is 11.1. The van der Waals surface area contributed by atoms with Gasteiger partial charge in [-0.2, -0.15) is 5.10 Å². The smallest absolute Gasteiger partial charge is 0.164 e. The van der Waals surface area contributed by atoms with Crippen molar-refractivity contribution in [2.75, 3.05) is 0 Å². The maximum atomic E-state index is 11.1. The highest BCUT2D eigenvalue weighted by molar-refractivity contribution is 14.1. The van der Waals surface area contributed by atoms with Crippen molar-refractivity contribution < 1.29 is 4.79 Å². The van der Waals surface area contributed by atoms with E-state index in [9.17, 15) is 4.79 Å². The van der Waals surface area contributed by atoms with E-state index in [2.05, 4.69) is 41.0 Å². The van der Waals surface area contributed by atoms with E-state index in [4.69, 9.17) is 21.7 Å². The zero-order chi connectivity index (χ0) is 20.5. The fourth-order valence-corrected chi connectivity index (χ4v) is 6.00. The number of aldehydes is 1. The average Bonchev–Trinajstić information content (AvgIpc) is 3.35. The second-order valence-corrected chi connectivity index (χ2v) is 9.76. The van der Waals surface area contributed by atoms with Gasteiger partial charge in [0.05, 0.1) is 11.3 Å². The molecule has 0 spiro atoms. The van der Waals surface area contributed by atoms with Crippen molar-refractivity contribution in [3.8, 4) is 11.1 Å². The Morgan fingerprint density at radius 3 is 2.76 bits per heavy atom. The molecule has 4 nitrogen and oxygen atoms in total. The molecule has 1 aliphatic carbocycles. The number of hydrogen-bond donors (Lipinski definition) is 0. The van der Waals surface area contributed by atoms with Gasteiger partial charge in [-0.3, -0.25) is 4.79 Å². The Balaban J connectivity index is 1.98. The van der Waals surface area contributed by atoms with Crippen LogP contribution in [0.5, 0.6) is 0 Å². The number of carbonyl (C=O) groups is 1. The first kappa shape index (κ1) is 21.1. The molecule has 152 valence electrons. The van der Waals surface area contributed by atoms with Crippen LogP contribution < -0.4 is 0 Å². The molecule has 0 fully saturated rings. The molecule has 0 N–H and O–H groups in total. The second-order valence-electron chi connectivity index (χ2n) is 7.30. The summed E-state index contributed by atoms with van der Waals surface area (Å²) in [6.45, 7) is 4.50. The van der Waals surface area contributed by atoms with Crippen LogP contribution in [0.2, 0.25) is 5.02 Å². The lowest BCUT2D eigenvalue weighted by Crippen LogP contribution is -2.07. The van der Waals surface area contributed by atoms with Gasteiger partial charge in [-0.25, -0.2) is 9.50 Å². The third kappa shape index (κ3) is 3.83. The zero-order valence-electron chi connectivity index (χ0n) is 16.5. The lowest BCUT2D eigenvalue weighted by molar-refractivity contribution is 0.112. The van der Waals surface area contributed by atoms with E-state index in [0.29, 0.717) is 15.8 Å². The standard InChI is InChI=1S/C22H23ClIN3OS/c1-3-14(4-2)29-22-16-6-5-7-18(16)25-21-20(19(11-24)26-27(21)22)15-9-8-13(12-28)10-17(15)23/h8-10,12,14H,3-7,11H2,1-2H3. The van der Waals surface area contributed by atoms with Crippen LogP contribution in [-0.4, -0.2) is 26.1 Å². The minimum Gasteiger partial charge on any atom is -0.298 e. The van der Waals surface area contributed by atoms with Gasteiger partial charge in [0.1, 0.15) is 11.3 Å². The number of fused-ring (bicyclic) bond motifs is 2. The second kappa shape index (κ2) is 8.94. The van der Waals surface area contributed by atoms with Crippen LogP contribution >= 0.6 is 46.0 Å². The van der Waals surface area contributed by atoms with Crippen LogP contribution in [0, 0.1) is 0 Å². The number of nitrogens with zero attached hydrogens (tertiary/aromatic N) is 3. The van der Waals surface area contributed by atoms with Gasteiger partial charge in [0.2, 0.25) is 0 Å². The first-order chi connectivity index (χ1) is 14.1. The van der Waals surface area contributed by atoms with Crippen molar-refractivity contribution in [1.29, 1.82) is 0 Å². The van der Waals surface area contributed by atoms with E-state index in [1.165, 1.54) is 16.3 Å². The summed E-state index contributed by atoms with van der Waals surface area (Å²) < 4.78 is 2.82. The van der Waals surface area contributed by atoms with Crippen molar-refractivity contribution in [3.05, 3.63) is 45.7 Å². The minimum atomic E-state index is 0.562. The predicted octanol–water partition coefficient (Wildman–Crippen LogP) is 6.57. The van der Waals surface area contributed by atoms with Crippen LogP contribution in [-0.2, 0) is 17.3 Å². The van der Waals surface area contributed by atoms with E-state index in [0.717, 1.165) is 65.3 Å². The molecule has 3 aromatic rings. The van der Waals surface area contributed by atoms with Crippen LogP contribution in [0.15, 0.2) is 23.2 Å². The normalized spacial score (nSPS) is 13.4. The molecule has 0 saturated carbocycles. The summed E-state index contributed by atoms with van der Waals surface area (Å²) in [4.78, 5) is 16.2. The summed E-state index contributed by atoms with van der Waals surface area (Å²) in [6.07, 6.45) is 6.32. The summed E-state index contributed by atoms with van der Waals surface area (Å²) in [5.41, 5.74) is 6.88. The minimum absolute atomic E-state index is 0.562. The number of alkyl halides is 1. The van der Waals surface area contributed by atoms with Crippen LogP contribution in [0.4, 0.5) is 0 Å². The number of aryl methyl sites for hydroxylation is 1. The lowest BCUT2D eigenvalue weighted by atomic mass is 10.0. The predicted molar refractivity (Wildman–Crippen MR) is 129 cm³/mol. The molecule has 2 aromatic heterocycles. The molecule has 0 atom stereocenters. The van der Waals surface area contributed by atoms with Gasteiger partial charge >= 0.3 is 0 Å². The quantitative estimate of drug-likeness (QED) is 0.112. The third-order valence-corrected chi connectivity index (χ3v) is 8.21. The molecular formula is C22H23ClIN3OS. The highest BCUT2D eigenvalue weighted by atomic mass is 127. The molecule has 0 bridgehead atoms. The number of rotatable bonds is 7. The molecule has 4 rings (SSSR count). The Labute approximate surface area is 194 Å². The van der Waals surface area contributed by atoms with E-state index in [1.54, 1.807) is 6.07 Å². The van der Waals surface area contributed by atoms with E-state index in [1.807, 2.05) is 23.9 Å². The average molecular weight is 540 g/mol. The number of halogens is 2. The highest BCUT2D eigenvalue weighted by Gasteiger charge is 2.27. The largest absolute Gasteiger partial charge is 0.298 e. The van der Waals surface area contributed by atoms with Gasteiger partial charge in [-0.15, -0.1) is 11.8 Å². The van der Waals surface area contributed by atoms with E-state index >= 15 is 0 Å². The molecule has 0 radical (unpaired) electrons. The van der Waals surface area contributed by atoms with Crippen molar-refractivity contribution in [3.63, 3.8) is 0 Å². The highest BCUT2D eigenvalue weighted by Crippen LogP contribution is 2.40. The van der Waals surface area contributed by atoms with E-state index in [-0.39, 0.29) is 0 Å². The van der Waals surface area contributed by atoms with Crippen LogP contribution in [0.3, 0.4) is 0 Å². The van der Waals surface area contributed by atoms with Gasteiger partial charge in [0, 0.05) is 37.1 Å². The molecule has 0 aliphatic heterocycles. The Kier molecular flexibility index (Phi) is 6.51. The Morgan fingerprint density at radius 1 is 1.31 bits per heavy atom. The molecule has 1 aromatic carbocycles. The Bertz CT molecular complexity index is 1080. The summed E-state index contributed by atoms with van der Waals surface area (Å²) in [7, 11) is 0. The zero-order valence-corrected chi connectivity index (χ0v) is 20.3. The first-order valence-corrected chi connectivity index (χ1v) is 12.8. The van der Waals surface area contributed by atoms with Gasteiger partial charge in [0.25, 0.3) is 0 Å². The van der Waals surface area contributed by atoms with Gasteiger partial charge in [0.15, 0.2) is 5.65 Å². The summed E-state index contributed by atoms with van der Waals surface area (Å²) in [6, 6.07) is 5.45. The number of hydrogen-bond acceptors (Lipinski definition) is 4. The molecule has 0 amide bonds. The van der Waals surface area contributed by atoms with Crippen molar-refractivity contribution in [2.45, 2.75) is 60.7 Å². The number of benzene rings is 1. The monoisotopic (exact) mass is 539 g/mol. The summed E-state index contributed by atoms with van der Waals surface area (Å²) >= 11 is 10.9. The first-order valence-electron chi connectivity index (χ1n) is 10.0. The molecule has 0 unspecified atom stereocenters. The van der Waals surface area contributed by atoms with Crippen molar-refractivity contribution in [2.24, 2.45) is 0 Å². The number of aromatic nitrogens is 3.